The standard InChI is InChI=1S/C21H26O6/c1-9(2)20-14(27-20)11-6-18(11)17(3)5-4-10-12(8-25-15(10)22)19(17,24)7-13-21(18,26-13)16(20)23/h9,11,13-14,16,23-24H,4-8H2,1-3H3/t11-,13-,14-,16+,17+,18-,19+,20-,21+/m0/s1. The number of fused-ring (bicyclic) bond motifs is 4. The van der Waals surface area contributed by atoms with Gasteiger partial charge in [-0.15, -0.1) is 0 Å². The van der Waals surface area contributed by atoms with E-state index < -0.39 is 28.3 Å². The molecule has 2 N–H and O–H groups in total. The van der Waals surface area contributed by atoms with Crippen molar-refractivity contribution < 1.29 is 29.2 Å². The maximum atomic E-state index is 12.1. The number of rotatable bonds is 1. The number of esters is 1. The van der Waals surface area contributed by atoms with Gasteiger partial charge in [-0.05, 0) is 31.1 Å². The van der Waals surface area contributed by atoms with Crippen LogP contribution in [0.3, 0.4) is 0 Å². The molecule has 5 fully saturated rings. The van der Waals surface area contributed by atoms with Gasteiger partial charge in [0.1, 0.15) is 23.9 Å². The highest BCUT2D eigenvalue weighted by atomic mass is 16.7. The van der Waals surface area contributed by atoms with E-state index in [1.165, 1.54) is 0 Å². The van der Waals surface area contributed by atoms with Crippen molar-refractivity contribution in [2.75, 3.05) is 6.61 Å². The molecule has 0 unspecified atom stereocenters. The Morgan fingerprint density at radius 1 is 1.22 bits per heavy atom. The number of aliphatic hydroxyl groups is 2. The summed E-state index contributed by atoms with van der Waals surface area (Å²) in [7, 11) is 0. The third-order valence-electron chi connectivity index (χ3n) is 10.0. The second-order valence-corrected chi connectivity index (χ2v) is 10.6. The molecule has 27 heavy (non-hydrogen) atoms. The predicted molar refractivity (Wildman–Crippen MR) is 91.5 cm³/mol. The fraction of sp³-hybridized carbons (Fsp3) is 0.857. The molecule has 0 aromatic rings. The molecule has 146 valence electrons. The van der Waals surface area contributed by atoms with Crippen molar-refractivity contribution in [1.82, 2.24) is 0 Å². The van der Waals surface area contributed by atoms with Crippen LogP contribution in [0.15, 0.2) is 11.1 Å². The van der Waals surface area contributed by atoms with Gasteiger partial charge in [-0.25, -0.2) is 4.79 Å². The molecule has 2 spiro atoms. The van der Waals surface area contributed by atoms with E-state index >= 15 is 0 Å². The van der Waals surface area contributed by atoms with Crippen LogP contribution in [0.5, 0.6) is 0 Å². The Labute approximate surface area is 157 Å². The average Bonchev–Trinajstić information content (AvgIpc) is 3.49. The molecule has 4 aliphatic carbocycles. The van der Waals surface area contributed by atoms with Crippen LogP contribution < -0.4 is 0 Å². The summed E-state index contributed by atoms with van der Waals surface area (Å²) in [4.78, 5) is 12.1. The molecule has 6 nitrogen and oxygen atoms in total. The molecule has 6 heteroatoms. The number of epoxide rings is 2. The summed E-state index contributed by atoms with van der Waals surface area (Å²) < 4.78 is 17.9. The van der Waals surface area contributed by atoms with Crippen molar-refractivity contribution in [3.8, 4) is 0 Å². The number of aliphatic hydroxyl groups excluding tert-OH is 1. The highest BCUT2D eigenvalue weighted by Crippen LogP contribution is 2.90. The SMILES string of the molecule is CC(C)[C@]12O[C@H]1[C@@H]1C[C@]13[C@]1(O[C@H]1C[C@@]1(O)C4=C(CC[C@]31C)C(=O)OC4)[C@@H]2O. The van der Waals surface area contributed by atoms with Gasteiger partial charge < -0.3 is 24.4 Å². The largest absolute Gasteiger partial charge is 0.458 e. The maximum Gasteiger partial charge on any atom is 0.334 e. The van der Waals surface area contributed by atoms with Crippen LogP contribution >= 0.6 is 0 Å². The van der Waals surface area contributed by atoms with Gasteiger partial charge in [0.25, 0.3) is 0 Å². The van der Waals surface area contributed by atoms with Crippen LogP contribution in [0, 0.1) is 22.7 Å². The van der Waals surface area contributed by atoms with Gasteiger partial charge in [-0.2, -0.15) is 0 Å². The highest BCUT2D eigenvalue weighted by Gasteiger charge is 2.99. The molecule has 0 radical (unpaired) electrons. The van der Waals surface area contributed by atoms with E-state index in [4.69, 9.17) is 14.2 Å². The Bertz CT molecular complexity index is 865. The van der Waals surface area contributed by atoms with Crippen LogP contribution in [0.4, 0.5) is 0 Å². The lowest BCUT2D eigenvalue weighted by atomic mass is 9.44. The summed E-state index contributed by atoms with van der Waals surface area (Å²) >= 11 is 0. The molecule has 2 saturated heterocycles. The van der Waals surface area contributed by atoms with E-state index in [1.54, 1.807) is 0 Å². The monoisotopic (exact) mass is 374 g/mol. The van der Waals surface area contributed by atoms with E-state index in [0.717, 1.165) is 18.4 Å². The molecule has 0 bridgehead atoms. The second kappa shape index (κ2) is 3.89. The molecule has 3 aliphatic heterocycles. The van der Waals surface area contributed by atoms with Crippen molar-refractivity contribution in [2.24, 2.45) is 22.7 Å². The molecule has 0 aromatic carbocycles. The minimum atomic E-state index is -1.10. The van der Waals surface area contributed by atoms with Crippen LogP contribution in [0.25, 0.3) is 0 Å². The third kappa shape index (κ3) is 1.21. The zero-order valence-electron chi connectivity index (χ0n) is 15.9. The van der Waals surface area contributed by atoms with Crippen molar-refractivity contribution in [3.05, 3.63) is 11.1 Å². The number of hydrogen-bond donors (Lipinski definition) is 2. The fourth-order valence-corrected chi connectivity index (χ4v) is 8.54. The summed E-state index contributed by atoms with van der Waals surface area (Å²) in [6, 6.07) is 0. The van der Waals surface area contributed by atoms with Crippen LogP contribution in [-0.4, -0.2) is 57.9 Å². The first-order chi connectivity index (χ1) is 12.7. The number of carbonyl (C=O) groups excluding carboxylic acids is 1. The minimum Gasteiger partial charge on any atom is -0.458 e. The number of ether oxygens (including phenoxy) is 3. The van der Waals surface area contributed by atoms with Crippen molar-refractivity contribution in [3.63, 3.8) is 0 Å². The summed E-state index contributed by atoms with van der Waals surface area (Å²) in [6.45, 7) is 6.59. The zero-order chi connectivity index (χ0) is 18.8. The topological polar surface area (TPSA) is 91.8 Å². The van der Waals surface area contributed by atoms with Gasteiger partial charge in [-0.1, -0.05) is 20.8 Å². The number of cyclic esters (lactones) is 1. The molecule has 3 saturated carbocycles. The van der Waals surface area contributed by atoms with Crippen molar-refractivity contribution in [2.45, 2.75) is 81.6 Å². The van der Waals surface area contributed by atoms with Crippen LogP contribution in [0.2, 0.25) is 0 Å². The van der Waals surface area contributed by atoms with E-state index in [2.05, 4.69) is 20.8 Å². The molecular weight excluding hydrogens is 348 g/mol. The number of hydrogen-bond acceptors (Lipinski definition) is 6. The maximum absolute atomic E-state index is 12.1. The summed E-state index contributed by atoms with van der Waals surface area (Å²) in [5.74, 6) is 0.266. The summed E-state index contributed by atoms with van der Waals surface area (Å²) in [5.41, 5.74) is -1.46. The second-order valence-electron chi connectivity index (χ2n) is 10.6. The van der Waals surface area contributed by atoms with E-state index in [-0.39, 0.29) is 36.1 Å². The van der Waals surface area contributed by atoms with Crippen molar-refractivity contribution >= 4 is 5.97 Å². The summed E-state index contributed by atoms with van der Waals surface area (Å²) in [6.07, 6.45) is 1.94. The molecule has 7 rings (SSSR count). The van der Waals surface area contributed by atoms with Gasteiger partial charge in [0.2, 0.25) is 0 Å². The predicted octanol–water partition coefficient (Wildman–Crippen LogP) is 1.09. The smallest absolute Gasteiger partial charge is 0.334 e. The first-order valence-electron chi connectivity index (χ1n) is 10.4. The Morgan fingerprint density at radius 3 is 2.74 bits per heavy atom. The Kier molecular flexibility index (Phi) is 2.29. The minimum absolute atomic E-state index is 0.0546. The van der Waals surface area contributed by atoms with Gasteiger partial charge >= 0.3 is 5.97 Å². The molecule has 9 atom stereocenters. The van der Waals surface area contributed by atoms with E-state index in [0.29, 0.717) is 24.3 Å². The quantitative estimate of drug-likeness (QED) is 0.527. The molecule has 0 aromatic heterocycles. The average molecular weight is 374 g/mol. The van der Waals surface area contributed by atoms with E-state index in [1.807, 2.05) is 0 Å². The molecular formula is C21H26O6. The first-order valence-corrected chi connectivity index (χ1v) is 10.4. The van der Waals surface area contributed by atoms with Crippen LogP contribution in [0.1, 0.15) is 46.5 Å². The lowest BCUT2D eigenvalue weighted by molar-refractivity contribution is -0.173. The van der Waals surface area contributed by atoms with E-state index in [9.17, 15) is 15.0 Å². The third-order valence-corrected chi connectivity index (χ3v) is 10.0. The lowest BCUT2D eigenvalue weighted by Crippen LogP contribution is -2.70. The number of carbonyl (C=O) groups is 1. The van der Waals surface area contributed by atoms with Gasteiger partial charge in [0.15, 0.2) is 0 Å². The molecule has 0 amide bonds. The first kappa shape index (κ1) is 15.9. The Morgan fingerprint density at radius 2 is 2.00 bits per heavy atom. The van der Waals surface area contributed by atoms with Crippen LogP contribution in [-0.2, 0) is 19.0 Å². The van der Waals surface area contributed by atoms with Gasteiger partial charge in [-0.3, -0.25) is 0 Å². The fourth-order valence-electron chi connectivity index (χ4n) is 8.54. The molecule has 7 aliphatic rings. The van der Waals surface area contributed by atoms with Gasteiger partial charge in [0, 0.05) is 28.4 Å². The Balaban J connectivity index is 1.42. The Hall–Kier alpha value is -0.950. The normalized spacial score (nSPS) is 64.0. The zero-order valence-corrected chi connectivity index (χ0v) is 15.9. The summed E-state index contributed by atoms with van der Waals surface area (Å²) in [5, 5.41) is 23.6. The van der Waals surface area contributed by atoms with Crippen molar-refractivity contribution in [1.29, 1.82) is 0 Å². The molecule has 3 heterocycles. The highest BCUT2D eigenvalue weighted by molar-refractivity contribution is 5.92. The van der Waals surface area contributed by atoms with Gasteiger partial charge in [0.05, 0.1) is 17.8 Å². The lowest BCUT2D eigenvalue weighted by Gasteiger charge is -2.60.